The summed E-state index contributed by atoms with van der Waals surface area (Å²) in [7, 11) is 1.79. The summed E-state index contributed by atoms with van der Waals surface area (Å²) in [6, 6.07) is 2.00. The third-order valence-electron chi connectivity index (χ3n) is 5.54. The summed E-state index contributed by atoms with van der Waals surface area (Å²) in [5.74, 6) is 1.22. The quantitative estimate of drug-likeness (QED) is 0.552. The lowest BCUT2D eigenvalue weighted by Gasteiger charge is -2.46. The predicted octanol–water partition coefficient (Wildman–Crippen LogP) is 0.816. The standard InChI is InChI=1S/C21H27N7O2/c1-23-19-10-24-9-17(26-19)15-7-18(21(30)25-8-15)28(11-14-4-5-14)16-12-27(13-16)20(29)3-2-6-22/h2-3,7-10,14,16H,4-6,11-13,22H2,1H3,(H,23,26)(H,25,30). The smallest absolute Gasteiger partial charge is 0.271 e. The Balaban J connectivity index is 1.58. The first-order valence-corrected chi connectivity index (χ1v) is 10.2. The third-order valence-corrected chi connectivity index (χ3v) is 5.54. The summed E-state index contributed by atoms with van der Waals surface area (Å²) >= 11 is 0. The molecule has 30 heavy (non-hydrogen) atoms. The van der Waals surface area contributed by atoms with Crippen molar-refractivity contribution < 1.29 is 4.79 Å². The second kappa shape index (κ2) is 8.66. The number of likely N-dealkylation sites (tertiary alicyclic amines) is 1. The van der Waals surface area contributed by atoms with Crippen molar-refractivity contribution >= 4 is 17.4 Å². The molecule has 9 nitrogen and oxygen atoms in total. The molecular weight excluding hydrogens is 382 g/mol. The SMILES string of the molecule is CNc1cncc(-c2c[nH]c(=O)c(N(CC3CC3)C3CN(C(=O)C=CCN)C3)c2)n1. The highest BCUT2D eigenvalue weighted by Gasteiger charge is 2.37. The summed E-state index contributed by atoms with van der Waals surface area (Å²) < 4.78 is 0. The molecule has 1 saturated heterocycles. The molecule has 2 aliphatic rings. The summed E-state index contributed by atoms with van der Waals surface area (Å²) in [5.41, 5.74) is 7.39. The van der Waals surface area contributed by atoms with Gasteiger partial charge in [-0.25, -0.2) is 4.98 Å². The van der Waals surface area contributed by atoms with Crippen LogP contribution in [0.3, 0.4) is 0 Å². The molecule has 0 bridgehead atoms. The zero-order valence-corrected chi connectivity index (χ0v) is 17.0. The minimum absolute atomic E-state index is 0.0371. The fourth-order valence-corrected chi connectivity index (χ4v) is 3.59. The molecule has 158 valence electrons. The lowest BCUT2D eigenvalue weighted by molar-refractivity contribution is -0.130. The van der Waals surface area contributed by atoms with Crippen molar-refractivity contribution in [1.82, 2.24) is 19.9 Å². The highest BCUT2D eigenvalue weighted by Crippen LogP contribution is 2.33. The van der Waals surface area contributed by atoms with Crippen LogP contribution in [0.1, 0.15) is 12.8 Å². The Hall–Kier alpha value is -3.20. The van der Waals surface area contributed by atoms with Gasteiger partial charge in [0.25, 0.3) is 5.56 Å². The van der Waals surface area contributed by atoms with Gasteiger partial charge >= 0.3 is 0 Å². The lowest BCUT2D eigenvalue weighted by Crippen LogP contribution is -2.62. The van der Waals surface area contributed by atoms with Gasteiger partial charge in [-0.3, -0.25) is 14.6 Å². The number of nitrogens with two attached hydrogens (primary N) is 1. The van der Waals surface area contributed by atoms with E-state index in [9.17, 15) is 9.59 Å². The van der Waals surface area contributed by atoms with E-state index in [0.29, 0.717) is 42.8 Å². The Kier molecular flexibility index (Phi) is 5.80. The molecule has 1 aliphatic carbocycles. The molecule has 0 aromatic carbocycles. The molecule has 0 atom stereocenters. The van der Waals surface area contributed by atoms with Crippen LogP contribution in [0.5, 0.6) is 0 Å². The number of nitrogens with one attached hydrogen (secondary N) is 2. The molecule has 4 rings (SSSR count). The maximum absolute atomic E-state index is 12.7. The maximum atomic E-state index is 12.7. The van der Waals surface area contributed by atoms with E-state index < -0.39 is 0 Å². The molecule has 0 unspecified atom stereocenters. The summed E-state index contributed by atoms with van der Waals surface area (Å²) in [6.07, 6.45) is 10.5. The largest absolute Gasteiger partial charge is 0.372 e. The van der Waals surface area contributed by atoms with Gasteiger partial charge in [0.05, 0.1) is 24.1 Å². The maximum Gasteiger partial charge on any atom is 0.271 e. The van der Waals surface area contributed by atoms with Gasteiger partial charge in [-0.2, -0.15) is 0 Å². The number of nitrogens with zero attached hydrogens (tertiary/aromatic N) is 4. The second-order valence-corrected chi connectivity index (χ2v) is 7.77. The van der Waals surface area contributed by atoms with E-state index in [1.54, 1.807) is 36.6 Å². The molecule has 1 saturated carbocycles. The van der Waals surface area contributed by atoms with E-state index in [0.717, 1.165) is 12.1 Å². The number of H-pyrrole nitrogens is 1. The molecular formula is C21H27N7O2. The normalized spacial score (nSPS) is 16.5. The number of carbonyl (C=O) groups excluding carboxylic acids is 1. The van der Waals surface area contributed by atoms with E-state index in [-0.39, 0.29) is 17.5 Å². The van der Waals surface area contributed by atoms with Crippen LogP contribution in [0, 0.1) is 5.92 Å². The molecule has 0 spiro atoms. The van der Waals surface area contributed by atoms with E-state index in [1.165, 1.54) is 18.9 Å². The van der Waals surface area contributed by atoms with Crippen molar-refractivity contribution in [2.24, 2.45) is 11.7 Å². The predicted molar refractivity (Wildman–Crippen MR) is 116 cm³/mol. The number of aromatic nitrogens is 3. The number of aromatic amines is 1. The molecule has 4 N–H and O–H groups in total. The first kappa shape index (κ1) is 20.1. The molecule has 1 amide bonds. The van der Waals surface area contributed by atoms with Crippen LogP contribution < -0.4 is 21.5 Å². The average molecular weight is 409 g/mol. The van der Waals surface area contributed by atoms with Gasteiger partial charge in [-0.15, -0.1) is 0 Å². The number of amides is 1. The Morgan fingerprint density at radius 3 is 2.90 bits per heavy atom. The van der Waals surface area contributed by atoms with Gasteiger partial charge < -0.3 is 25.8 Å². The highest BCUT2D eigenvalue weighted by atomic mass is 16.2. The van der Waals surface area contributed by atoms with Gasteiger partial charge in [-0.1, -0.05) is 6.08 Å². The topological polar surface area (TPSA) is 120 Å². The fraction of sp³-hybridized carbons (Fsp3) is 0.429. The van der Waals surface area contributed by atoms with Gasteiger partial charge in [-0.05, 0) is 24.8 Å². The summed E-state index contributed by atoms with van der Waals surface area (Å²) in [6.45, 7) is 2.36. The lowest BCUT2D eigenvalue weighted by atomic mass is 10.0. The number of anilines is 2. The minimum Gasteiger partial charge on any atom is -0.372 e. The molecule has 2 aromatic heterocycles. The first-order valence-electron chi connectivity index (χ1n) is 10.2. The molecule has 3 heterocycles. The van der Waals surface area contributed by atoms with Crippen molar-refractivity contribution in [3.05, 3.63) is 47.2 Å². The van der Waals surface area contributed by atoms with Gasteiger partial charge in [0.15, 0.2) is 0 Å². The van der Waals surface area contributed by atoms with E-state index in [4.69, 9.17) is 5.73 Å². The van der Waals surface area contributed by atoms with Crippen molar-refractivity contribution in [1.29, 1.82) is 0 Å². The van der Waals surface area contributed by atoms with Crippen LogP contribution in [0.15, 0.2) is 41.6 Å². The second-order valence-electron chi connectivity index (χ2n) is 7.77. The van der Waals surface area contributed by atoms with Crippen LogP contribution >= 0.6 is 0 Å². The van der Waals surface area contributed by atoms with Crippen molar-refractivity contribution in [3.63, 3.8) is 0 Å². The van der Waals surface area contributed by atoms with Crippen LogP contribution in [-0.2, 0) is 4.79 Å². The molecule has 0 radical (unpaired) electrons. The van der Waals surface area contributed by atoms with Crippen molar-refractivity contribution in [3.8, 4) is 11.3 Å². The molecule has 2 aromatic rings. The zero-order valence-electron chi connectivity index (χ0n) is 17.0. The monoisotopic (exact) mass is 409 g/mol. The van der Waals surface area contributed by atoms with E-state index >= 15 is 0 Å². The highest BCUT2D eigenvalue weighted by molar-refractivity contribution is 5.88. The first-order chi connectivity index (χ1) is 14.6. The van der Waals surface area contributed by atoms with E-state index in [2.05, 4.69) is 25.2 Å². The number of hydrogen-bond donors (Lipinski definition) is 3. The summed E-state index contributed by atoms with van der Waals surface area (Å²) in [4.78, 5) is 40.4. The number of pyridine rings is 1. The minimum atomic E-state index is -0.134. The Bertz CT molecular complexity index is 993. The van der Waals surface area contributed by atoms with Gasteiger partial charge in [0.1, 0.15) is 11.5 Å². The van der Waals surface area contributed by atoms with E-state index in [1.807, 2.05) is 6.07 Å². The average Bonchev–Trinajstić information content (AvgIpc) is 3.55. The zero-order chi connectivity index (χ0) is 21.1. The molecule has 9 heteroatoms. The van der Waals surface area contributed by atoms with Crippen molar-refractivity contribution in [2.45, 2.75) is 18.9 Å². The fourth-order valence-electron chi connectivity index (χ4n) is 3.59. The van der Waals surface area contributed by atoms with Gasteiger partial charge in [0.2, 0.25) is 5.91 Å². The number of carbonyl (C=O) groups is 1. The van der Waals surface area contributed by atoms with Crippen LogP contribution in [0.4, 0.5) is 11.5 Å². The third kappa shape index (κ3) is 4.35. The van der Waals surface area contributed by atoms with Crippen molar-refractivity contribution in [2.75, 3.05) is 43.4 Å². The Morgan fingerprint density at radius 1 is 1.40 bits per heavy atom. The Labute approximate surface area is 175 Å². The Morgan fingerprint density at radius 2 is 2.20 bits per heavy atom. The van der Waals surface area contributed by atoms with Crippen LogP contribution in [0.25, 0.3) is 11.3 Å². The van der Waals surface area contributed by atoms with Crippen LogP contribution in [-0.4, -0.2) is 65.0 Å². The number of rotatable bonds is 8. The molecule has 1 aliphatic heterocycles. The van der Waals surface area contributed by atoms with Gasteiger partial charge in [0, 0.05) is 51.1 Å². The van der Waals surface area contributed by atoms with Crippen LogP contribution in [0.2, 0.25) is 0 Å². The summed E-state index contributed by atoms with van der Waals surface area (Å²) in [5, 5.41) is 2.98. The molecule has 2 fully saturated rings. The number of hydrogen-bond acceptors (Lipinski definition) is 7.